The largest absolute Gasteiger partial charge is 0.480 e. The molecule has 0 aliphatic heterocycles. The lowest BCUT2D eigenvalue weighted by Crippen LogP contribution is -2.34. The van der Waals surface area contributed by atoms with Crippen LogP contribution in [0.5, 0.6) is 0 Å². The predicted octanol–water partition coefficient (Wildman–Crippen LogP) is 14.9. The fourth-order valence-electron chi connectivity index (χ4n) is 6.80. The van der Waals surface area contributed by atoms with Gasteiger partial charge in [-0.25, -0.2) is 4.57 Å². The zero-order valence-corrected chi connectivity index (χ0v) is 41.5. The Labute approximate surface area is 391 Å². The lowest BCUT2D eigenvalue weighted by molar-refractivity contribution is -0.154. The number of hydrogen-bond acceptors (Lipinski definition) is 8. The molecule has 0 aliphatic carbocycles. The van der Waals surface area contributed by atoms with E-state index in [-0.39, 0.29) is 13.0 Å². The van der Waals surface area contributed by atoms with E-state index in [1.165, 1.54) is 109 Å². The van der Waals surface area contributed by atoms with Crippen LogP contribution in [0.1, 0.15) is 213 Å². The first-order chi connectivity index (χ1) is 31.2. The average Bonchev–Trinajstić information content (AvgIpc) is 3.28. The van der Waals surface area contributed by atoms with Crippen LogP contribution in [-0.2, 0) is 32.7 Å². The zero-order valence-electron chi connectivity index (χ0n) is 40.6. The van der Waals surface area contributed by atoms with E-state index in [0.29, 0.717) is 13.0 Å². The van der Waals surface area contributed by atoms with Crippen molar-refractivity contribution in [3.8, 4) is 0 Å². The summed E-state index contributed by atoms with van der Waals surface area (Å²) in [4.78, 5) is 33.7. The Bertz CT molecular complexity index is 1290. The number of carbonyl (C=O) groups is 2. The van der Waals surface area contributed by atoms with Crippen molar-refractivity contribution in [1.29, 1.82) is 0 Å². The van der Waals surface area contributed by atoms with Crippen molar-refractivity contribution in [1.82, 2.24) is 0 Å². The number of hydrogen-bond donors (Lipinski definition) is 3. The number of phosphoric acid groups is 1. The number of ether oxygens (including phenoxy) is 2. The summed E-state index contributed by atoms with van der Waals surface area (Å²) in [6.07, 6.45) is 61.0. The molecule has 0 aromatic carbocycles. The van der Waals surface area contributed by atoms with Gasteiger partial charge < -0.3 is 25.2 Å². The van der Waals surface area contributed by atoms with Crippen molar-refractivity contribution >= 4 is 19.8 Å². The predicted molar refractivity (Wildman–Crippen MR) is 267 cm³/mol. The third-order valence-corrected chi connectivity index (χ3v) is 11.7. The number of nitrogens with two attached hydrogens (primary N) is 1. The summed E-state index contributed by atoms with van der Waals surface area (Å²) in [5.74, 6) is -1.79. The van der Waals surface area contributed by atoms with Gasteiger partial charge in [0.15, 0.2) is 0 Å². The third-order valence-electron chi connectivity index (χ3n) is 10.7. The van der Waals surface area contributed by atoms with Gasteiger partial charge in [-0.05, 0) is 83.5 Å². The number of allylic oxidation sites excluding steroid dienone is 12. The average molecular weight is 920 g/mol. The third kappa shape index (κ3) is 47.4. The van der Waals surface area contributed by atoms with Crippen LogP contribution in [-0.4, -0.2) is 60.5 Å². The van der Waals surface area contributed by atoms with Gasteiger partial charge in [-0.3, -0.25) is 18.6 Å². The van der Waals surface area contributed by atoms with Crippen LogP contribution in [0.4, 0.5) is 0 Å². The van der Waals surface area contributed by atoms with E-state index in [9.17, 15) is 19.0 Å². The maximum Gasteiger partial charge on any atom is 0.472 e. The molecule has 0 aliphatic rings. The van der Waals surface area contributed by atoms with Crippen molar-refractivity contribution < 1.29 is 42.7 Å². The first-order valence-electron chi connectivity index (χ1n) is 25.5. The SMILES string of the molecule is CC/C=C\C/C=C\C/C=C\C/C=C\CCCCCCCCCCCCCOCC(COP(=O)(O)OCC(N)C(=O)O)OC(=O)CCCCCCCCC/C=C\C/C=C\CCCCCC. The molecule has 0 saturated heterocycles. The Morgan fingerprint density at radius 3 is 1.36 bits per heavy atom. The molecule has 4 N–H and O–H groups in total. The topological polar surface area (TPSA) is 155 Å². The molecule has 0 amide bonds. The molecule has 0 saturated carbocycles. The molecule has 0 aromatic rings. The van der Waals surface area contributed by atoms with E-state index < -0.39 is 45.1 Å². The van der Waals surface area contributed by atoms with E-state index >= 15 is 0 Å². The highest BCUT2D eigenvalue weighted by Gasteiger charge is 2.27. The van der Waals surface area contributed by atoms with Gasteiger partial charge in [0, 0.05) is 13.0 Å². The van der Waals surface area contributed by atoms with Gasteiger partial charge in [-0.15, -0.1) is 0 Å². The van der Waals surface area contributed by atoms with Crippen LogP contribution in [0.25, 0.3) is 0 Å². The van der Waals surface area contributed by atoms with Crippen molar-refractivity contribution in [3.63, 3.8) is 0 Å². The standard InChI is InChI=1S/C53H94NO9P/c1-3-5-7-9-11-13-15-17-19-21-23-24-25-26-27-28-30-32-34-36-38-40-42-44-46-60-47-50(48-61-64(58,59)62-49-51(54)53(56)57)63-52(55)45-43-41-39-37-35-33-31-29-22-20-18-16-14-12-10-8-6-4-2/h5,7,11,13-14,16-17,19-20,22-24,50-51H,3-4,6,8-10,12,15,18,21,25-49,54H2,1-2H3,(H,56,57)(H,58,59)/b7-5-,13-11-,16-14-,19-17-,22-20-,24-23-. The monoisotopic (exact) mass is 920 g/mol. The molecule has 0 fully saturated rings. The van der Waals surface area contributed by atoms with Gasteiger partial charge in [0.1, 0.15) is 12.1 Å². The van der Waals surface area contributed by atoms with Gasteiger partial charge >= 0.3 is 19.8 Å². The van der Waals surface area contributed by atoms with E-state index in [1.807, 2.05) is 0 Å². The second kappa shape index (κ2) is 48.3. The molecule has 0 heterocycles. The lowest BCUT2D eigenvalue weighted by atomic mass is 10.1. The van der Waals surface area contributed by atoms with Crippen molar-refractivity contribution in [2.24, 2.45) is 5.73 Å². The number of carbonyl (C=O) groups excluding carboxylic acids is 1. The minimum Gasteiger partial charge on any atom is -0.480 e. The van der Waals surface area contributed by atoms with Gasteiger partial charge in [0.25, 0.3) is 0 Å². The minimum absolute atomic E-state index is 0.00877. The number of carboxylic acid groups (broad SMARTS) is 1. The fraction of sp³-hybridized carbons (Fsp3) is 0.736. The van der Waals surface area contributed by atoms with E-state index in [0.717, 1.165) is 77.0 Å². The van der Waals surface area contributed by atoms with Crippen LogP contribution < -0.4 is 5.73 Å². The molecule has 11 heteroatoms. The number of esters is 1. The summed E-state index contributed by atoms with van der Waals surface area (Å²) in [6.45, 7) is 3.75. The lowest BCUT2D eigenvalue weighted by Gasteiger charge is -2.20. The summed E-state index contributed by atoms with van der Waals surface area (Å²) in [5.41, 5.74) is 5.37. The maximum absolute atomic E-state index is 12.7. The van der Waals surface area contributed by atoms with Gasteiger partial charge in [-0.1, -0.05) is 196 Å². The molecule has 10 nitrogen and oxygen atoms in total. The molecule has 3 atom stereocenters. The summed E-state index contributed by atoms with van der Waals surface area (Å²) >= 11 is 0. The first-order valence-corrected chi connectivity index (χ1v) is 27.0. The van der Waals surface area contributed by atoms with E-state index in [2.05, 4.69) is 86.8 Å². The molecule has 0 radical (unpaired) electrons. The van der Waals surface area contributed by atoms with Crippen LogP contribution in [0.2, 0.25) is 0 Å². The van der Waals surface area contributed by atoms with E-state index in [1.54, 1.807) is 0 Å². The Balaban J connectivity index is 4.15. The molecule has 64 heavy (non-hydrogen) atoms. The summed E-state index contributed by atoms with van der Waals surface area (Å²) < 4.78 is 33.5. The summed E-state index contributed by atoms with van der Waals surface area (Å²) in [7, 11) is -4.63. The zero-order chi connectivity index (χ0) is 46.9. The van der Waals surface area contributed by atoms with Crippen LogP contribution in [0, 0.1) is 0 Å². The van der Waals surface area contributed by atoms with Crippen LogP contribution in [0.15, 0.2) is 72.9 Å². The van der Waals surface area contributed by atoms with Crippen molar-refractivity contribution in [3.05, 3.63) is 72.9 Å². The summed E-state index contributed by atoms with van der Waals surface area (Å²) in [6, 6.07) is -1.48. The number of carboxylic acids is 1. The second-order valence-electron chi connectivity index (χ2n) is 16.9. The Morgan fingerprint density at radius 1 is 0.516 bits per heavy atom. The number of unbranched alkanes of at least 4 members (excludes halogenated alkanes) is 22. The highest BCUT2D eigenvalue weighted by atomic mass is 31.2. The van der Waals surface area contributed by atoms with Crippen LogP contribution >= 0.6 is 7.82 Å². The molecule has 3 unspecified atom stereocenters. The smallest absolute Gasteiger partial charge is 0.472 e. The van der Waals surface area contributed by atoms with Crippen molar-refractivity contribution in [2.45, 2.75) is 225 Å². The quantitative estimate of drug-likeness (QED) is 0.0232. The summed E-state index contributed by atoms with van der Waals surface area (Å²) in [5, 5.41) is 8.93. The van der Waals surface area contributed by atoms with Gasteiger partial charge in [0.2, 0.25) is 0 Å². The molecule has 0 bridgehead atoms. The van der Waals surface area contributed by atoms with Crippen molar-refractivity contribution in [2.75, 3.05) is 26.4 Å². The Kier molecular flexibility index (Phi) is 46.4. The Morgan fingerprint density at radius 2 is 0.906 bits per heavy atom. The molecular weight excluding hydrogens is 826 g/mol. The highest BCUT2D eigenvalue weighted by Crippen LogP contribution is 2.43. The van der Waals surface area contributed by atoms with Gasteiger partial charge in [-0.2, -0.15) is 0 Å². The molecule has 0 aromatic heterocycles. The molecular formula is C53H94NO9P. The van der Waals surface area contributed by atoms with E-state index in [4.69, 9.17) is 29.4 Å². The fourth-order valence-corrected chi connectivity index (χ4v) is 7.58. The minimum atomic E-state index is -4.63. The maximum atomic E-state index is 12.7. The highest BCUT2D eigenvalue weighted by molar-refractivity contribution is 7.47. The molecule has 0 spiro atoms. The number of aliphatic carboxylic acids is 1. The second-order valence-corrected chi connectivity index (χ2v) is 18.4. The number of rotatable bonds is 48. The number of phosphoric ester groups is 1. The van der Waals surface area contributed by atoms with Crippen LogP contribution in [0.3, 0.4) is 0 Å². The first kappa shape index (κ1) is 61.4. The molecule has 0 rings (SSSR count). The van der Waals surface area contributed by atoms with Gasteiger partial charge in [0.05, 0.1) is 19.8 Å². The molecule has 370 valence electrons. The Hall–Kier alpha value is -2.59. The normalized spacial score (nSPS) is 14.3.